The highest BCUT2D eigenvalue weighted by atomic mass is 35.5. The number of nitrogens with two attached hydrogens (primary N) is 1. The first-order valence-corrected chi connectivity index (χ1v) is 10.6. The van der Waals surface area contributed by atoms with Crippen molar-refractivity contribution in [2.75, 3.05) is 34.8 Å². The van der Waals surface area contributed by atoms with Crippen LogP contribution >= 0.6 is 12.4 Å². The summed E-state index contributed by atoms with van der Waals surface area (Å²) in [5.41, 5.74) is 7.57. The van der Waals surface area contributed by atoms with E-state index in [1.54, 1.807) is 47.4 Å². The second kappa shape index (κ2) is 10.6. The molecule has 0 saturated carbocycles. The van der Waals surface area contributed by atoms with Crippen LogP contribution in [-0.2, 0) is 19.1 Å². The Bertz CT molecular complexity index is 1090. The monoisotopic (exact) mass is 487 g/mol. The summed E-state index contributed by atoms with van der Waals surface area (Å²) in [4.78, 5) is 40.9. The van der Waals surface area contributed by atoms with Crippen LogP contribution in [0.1, 0.15) is 18.4 Å². The maximum absolute atomic E-state index is 13.1. The highest BCUT2D eigenvalue weighted by Gasteiger charge is 2.39. The number of hydrogen-bond donors (Lipinski definition) is 4. The number of carbonyl (C=O) groups excluding carboxylic acids is 3. The molecule has 2 fully saturated rings. The molecule has 34 heavy (non-hydrogen) atoms. The molecule has 5 N–H and O–H groups in total. The molecule has 4 rings (SSSR count). The van der Waals surface area contributed by atoms with Crippen LogP contribution in [0.2, 0.25) is 0 Å². The predicted octanol–water partition coefficient (Wildman–Crippen LogP) is 1.25. The van der Waals surface area contributed by atoms with Gasteiger partial charge in [-0.1, -0.05) is 6.07 Å². The smallest absolute Gasteiger partial charge is 0.259 e. The quantitative estimate of drug-likeness (QED) is 0.356. The number of nitrogens with one attached hydrogen (secondary N) is 2. The van der Waals surface area contributed by atoms with Crippen molar-refractivity contribution < 1.29 is 24.2 Å². The zero-order valence-corrected chi connectivity index (χ0v) is 19.1. The summed E-state index contributed by atoms with van der Waals surface area (Å²) in [5.74, 6) is -1.39. The molecule has 0 aromatic heterocycles. The van der Waals surface area contributed by atoms with Crippen molar-refractivity contribution in [1.82, 2.24) is 0 Å². The number of aliphatic hydroxyl groups is 1. The fourth-order valence-corrected chi connectivity index (χ4v) is 3.93. The first kappa shape index (κ1) is 25.2. The third-order valence-corrected chi connectivity index (χ3v) is 5.67. The lowest BCUT2D eigenvalue weighted by molar-refractivity contribution is -0.150. The average Bonchev–Trinajstić information content (AvgIpc) is 3.25. The largest absolute Gasteiger partial charge is 0.384 e. The van der Waals surface area contributed by atoms with Gasteiger partial charge < -0.3 is 30.7 Å². The molecule has 2 aromatic carbocycles. The SMILES string of the molecule is Cl.N=C(N)c1ccc(NC(=O)[C@H](O)[C@H]2OCCN(c3cccc(N4CCCC4=O)c3)C2=O)cc1. The minimum atomic E-state index is -1.73. The number of nitrogens with zero attached hydrogens (tertiary/aromatic N) is 2. The van der Waals surface area contributed by atoms with Crippen LogP contribution in [0.5, 0.6) is 0 Å². The van der Waals surface area contributed by atoms with Crippen LogP contribution in [0.15, 0.2) is 48.5 Å². The Kier molecular flexibility index (Phi) is 7.87. The molecule has 2 aromatic rings. The van der Waals surface area contributed by atoms with Gasteiger partial charge in [0.25, 0.3) is 11.8 Å². The predicted molar refractivity (Wildman–Crippen MR) is 129 cm³/mol. The van der Waals surface area contributed by atoms with E-state index in [0.717, 1.165) is 6.42 Å². The summed E-state index contributed by atoms with van der Waals surface area (Å²) in [7, 11) is 0. The summed E-state index contributed by atoms with van der Waals surface area (Å²) in [6.07, 6.45) is -1.80. The van der Waals surface area contributed by atoms with E-state index in [4.69, 9.17) is 15.9 Å². The average molecular weight is 488 g/mol. The Balaban J connectivity index is 0.00000324. The van der Waals surface area contributed by atoms with Crippen LogP contribution in [-0.4, -0.2) is 60.6 Å². The molecule has 10 nitrogen and oxygen atoms in total. The van der Waals surface area contributed by atoms with Gasteiger partial charge >= 0.3 is 0 Å². The number of hydrogen-bond acceptors (Lipinski definition) is 6. The first-order chi connectivity index (χ1) is 15.8. The minimum absolute atomic E-state index is 0. The normalized spacial score (nSPS) is 18.9. The van der Waals surface area contributed by atoms with Gasteiger partial charge in [-0.05, 0) is 48.9 Å². The van der Waals surface area contributed by atoms with Gasteiger partial charge in [0.15, 0.2) is 12.2 Å². The van der Waals surface area contributed by atoms with Gasteiger partial charge in [0, 0.05) is 42.1 Å². The number of amidine groups is 1. The lowest BCUT2D eigenvalue weighted by Crippen LogP contribution is -2.55. The van der Waals surface area contributed by atoms with E-state index in [-0.39, 0.29) is 37.3 Å². The fraction of sp³-hybridized carbons (Fsp3) is 0.304. The Morgan fingerprint density at radius 2 is 1.79 bits per heavy atom. The van der Waals surface area contributed by atoms with Gasteiger partial charge in [0.05, 0.1) is 6.61 Å². The molecule has 0 spiro atoms. The lowest BCUT2D eigenvalue weighted by Gasteiger charge is -2.34. The number of morpholine rings is 1. The van der Waals surface area contributed by atoms with E-state index in [1.165, 1.54) is 4.90 Å². The van der Waals surface area contributed by atoms with E-state index in [9.17, 15) is 19.5 Å². The van der Waals surface area contributed by atoms with Crippen LogP contribution in [0.25, 0.3) is 0 Å². The second-order valence-electron chi connectivity index (χ2n) is 7.88. The lowest BCUT2D eigenvalue weighted by atomic mass is 10.1. The van der Waals surface area contributed by atoms with Crippen LogP contribution in [0.4, 0.5) is 17.1 Å². The maximum Gasteiger partial charge on any atom is 0.259 e. The van der Waals surface area contributed by atoms with E-state index < -0.39 is 24.0 Å². The highest BCUT2D eigenvalue weighted by molar-refractivity contribution is 6.04. The number of halogens is 1. The van der Waals surface area contributed by atoms with Crippen molar-refractivity contribution in [2.45, 2.75) is 25.0 Å². The molecule has 0 unspecified atom stereocenters. The summed E-state index contributed by atoms with van der Waals surface area (Å²) < 4.78 is 5.45. The van der Waals surface area contributed by atoms with Crippen LogP contribution in [0.3, 0.4) is 0 Å². The number of aliphatic hydroxyl groups excluding tert-OH is 1. The molecule has 0 bridgehead atoms. The fourth-order valence-electron chi connectivity index (χ4n) is 3.93. The molecule has 2 heterocycles. The standard InChI is InChI=1S/C23H25N5O5.ClH/c24-21(25)14-6-8-15(9-7-14)26-22(31)19(30)20-23(32)28(11-12-33-20)17-4-1-3-16(13-17)27-10-2-5-18(27)29;/h1,3-4,6-9,13,19-20,30H,2,5,10-12H2,(H3,24,25)(H,26,31);1H/t19-,20-;/m1./s1. The third-order valence-electron chi connectivity index (χ3n) is 5.67. The van der Waals surface area contributed by atoms with Crippen LogP contribution in [0, 0.1) is 5.41 Å². The maximum atomic E-state index is 13.1. The Morgan fingerprint density at radius 1 is 1.12 bits per heavy atom. The van der Waals surface area contributed by atoms with Crippen molar-refractivity contribution >= 4 is 53.0 Å². The Morgan fingerprint density at radius 3 is 2.41 bits per heavy atom. The molecule has 2 saturated heterocycles. The molecule has 2 aliphatic heterocycles. The van der Waals surface area contributed by atoms with Crippen molar-refractivity contribution in [2.24, 2.45) is 5.73 Å². The third kappa shape index (κ3) is 5.19. The number of benzene rings is 2. The van der Waals surface area contributed by atoms with E-state index in [1.807, 2.05) is 6.07 Å². The van der Waals surface area contributed by atoms with E-state index in [0.29, 0.717) is 35.6 Å². The molecule has 3 amide bonds. The number of rotatable bonds is 6. The van der Waals surface area contributed by atoms with Crippen molar-refractivity contribution in [3.8, 4) is 0 Å². The Labute approximate surface area is 202 Å². The minimum Gasteiger partial charge on any atom is -0.384 e. The van der Waals surface area contributed by atoms with E-state index >= 15 is 0 Å². The molecule has 0 aliphatic carbocycles. The number of ether oxygens (including phenoxy) is 1. The second-order valence-corrected chi connectivity index (χ2v) is 7.88. The highest BCUT2D eigenvalue weighted by Crippen LogP contribution is 2.28. The van der Waals surface area contributed by atoms with Gasteiger partial charge in [-0.3, -0.25) is 19.8 Å². The molecule has 0 radical (unpaired) electrons. The summed E-state index contributed by atoms with van der Waals surface area (Å²) >= 11 is 0. The number of nitrogen functional groups attached to an aromatic ring is 1. The van der Waals surface area contributed by atoms with Gasteiger partial charge in [0.1, 0.15) is 5.84 Å². The molecular formula is C23H26ClN5O5. The summed E-state index contributed by atoms with van der Waals surface area (Å²) in [5, 5.41) is 20.5. The van der Waals surface area contributed by atoms with Gasteiger partial charge in [-0.15, -0.1) is 12.4 Å². The topological polar surface area (TPSA) is 149 Å². The Hall–Kier alpha value is -3.47. The number of anilines is 3. The van der Waals surface area contributed by atoms with Crippen LogP contribution < -0.4 is 20.9 Å². The van der Waals surface area contributed by atoms with Gasteiger partial charge in [-0.25, -0.2) is 0 Å². The zero-order valence-electron chi connectivity index (χ0n) is 18.3. The number of amides is 3. The number of carbonyl (C=O) groups is 3. The molecular weight excluding hydrogens is 462 g/mol. The van der Waals surface area contributed by atoms with Gasteiger partial charge in [0.2, 0.25) is 5.91 Å². The van der Waals surface area contributed by atoms with Crippen molar-refractivity contribution in [3.05, 3.63) is 54.1 Å². The molecule has 2 aliphatic rings. The molecule has 2 atom stereocenters. The summed E-state index contributed by atoms with van der Waals surface area (Å²) in [6, 6.07) is 13.3. The zero-order chi connectivity index (χ0) is 23.5. The van der Waals surface area contributed by atoms with Crippen molar-refractivity contribution in [1.29, 1.82) is 5.41 Å². The first-order valence-electron chi connectivity index (χ1n) is 10.6. The molecule has 180 valence electrons. The summed E-state index contributed by atoms with van der Waals surface area (Å²) in [6.45, 7) is 1.03. The molecule has 11 heteroatoms. The van der Waals surface area contributed by atoms with Crippen molar-refractivity contribution in [3.63, 3.8) is 0 Å². The van der Waals surface area contributed by atoms with Gasteiger partial charge in [-0.2, -0.15) is 0 Å². The van der Waals surface area contributed by atoms with E-state index in [2.05, 4.69) is 5.32 Å².